The van der Waals surface area contributed by atoms with Crippen molar-refractivity contribution < 1.29 is 9.59 Å². The molecule has 6 heteroatoms. The molecule has 0 radical (unpaired) electrons. The van der Waals surface area contributed by atoms with Gasteiger partial charge in [-0.05, 0) is 44.4 Å². The van der Waals surface area contributed by atoms with Gasteiger partial charge in [0.1, 0.15) is 0 Å². The lowest BCUT2D eigenvalue weighted by atomic mass is 9.82. The Hall–Kier alpha value is -1.59. The molecule has 0 aromatic heterocycles. The minimum atomic E-state index is -0.611. The Morgan fingerprint density at radius 1 is 1.24 bits per heavy atom. The third-order valence-electron chi connectivity index (χ3n) is 5.35. The lowest BCUT2D eigenvalue weighted by Crippen LogP contribution is -2.58. The summed E-state index contributed by atoms with van der Waals surface area (Å²) in [6.07, 6.45) is 1.90. The van der Waals surface area contributed by atoms with Gasteiger partial charge in [-0.3, -0.25) is 9.59 Å². The maximum absolute atomic E-state index is 13.2. The van der Waals surface area contributed by atoms with Crippen molar-refractivity contribution in [3.05, 3.63) is 34.9 Å². The van der Waals surface area contributed by atoms with Gasteiger partial charge >= 0.3 is 0 Å². The number of benzene rings is 1. The average molecular weight is 364 g/mol. The number of hydrogen-bond acceptors (Lipinski definition) is 3. The molecule has 1 unspecified atom stereocenters. The van der Waals surface area contributed by atoms with Crippen LogP contribution >= 0.6 is 11.6 Å². The van der Waals surface area contributed by atoms with Crippen molar-refractivity contribution in [2.75, 3.05) is 32.7 Å². The highest BCUT2D eigenvalue weighted by atomic mass is 35.5. The van der Waals surface area contributed by atoms with Crippen LogP contribution in [0.15, 0.2) is 24.3 Å². The normalized spacial score (nSPS) is 22.2. The Morgan fingerprint density at radius 2 is 1.96 bits per heavy atom. The predicted octanol–water partition coefficient (Wildman–Crippen LogP) is 2.04. The van der Waals surface area contributed by atoms with Crippen LogP contribution in [0.25, 0.3) is 0 Å². The summed E-state index contributed by atoms with van der Waals surface area (Å²) in [7, 11) is 0. The quantitative estimate of drug-likeness (QED) is 0.894. The van der Waals surface area contributed by atoms with Crippen LogP contribution in [0.1, 0.15) is 32.3 Å². The number of rotatable bonds is 3. The molecule has 0 aliphatic carbocycles. The fourth-order valence-corrected chi connectivity index (χ4v) is 3.91. The molecule has 5 nitrogen and oxygen atoms in total. The molecule has 25 heavy (non-hydrogen) atoms. The number of piperazine rings is 1. The van der Waals surface area contributed by atoms with Crippen molar-refractivity contribution in [2.45, 2.75) is 38.1 Å². The van der Waals surface area contributed by atoms with Crippen LogP contribution in [-0.2, 0) is 15.0 Å². The second-order valence-corrected chi connectivity index (χ2v) is 7.88. The van der Waals surface area contributed by atoms with Crippen LogP contribution in [0.3, 0.4) is 0 Å². The second kappa shape index (κ2) is 7.34. The fourth-order valence-electron chi connectivity index (χ4n) is 3.79. The first kappa shape index (κ1) is 18.2. The number of nitrogens with one attached hydrogen (secondary N) is 1. The zero-order chi connectivity index (χ0) is 18.0. The van der Waals surface area contributed by atoms with Crippen LogP contribution < -0.4 is 5.32 Å². The van der Waals surface area contributed by atoms with Crippen LogP contribution in [0, 0.1) is 0 Å². The highest BCUT2D eigenvalue weighted by Crippen LogP contribution is 2.29. The third kappa shape index (κ3) is 3.82. The Kier molecular flexibility index (Phi) is 5.35. The summed E-state index contributed by atoms with van der Waals surface area (Å²) >= 11 is 5.97. The third-order valence-corrected chi connectivity index (χ3v) is 5.60. The first-order valence-corrected chi connectivity index (χ1v) is 9.33. The number of amides is 2. The van der Waals surface area contributed by atoms with Crippen molar-refractivity contribution in [3.63, 3.8) is 0 Å². The Bertz CT molecular complexity index is 645. The number of halogens is 1. The summed E-state index contributed by atoms with van der Waals surface area (Å²) in [5.41, 5.74) is 0.349. The molecule has 2 aliphatic heterocycles. The van der Waals surface area contributed by atoms with Gasteiger partial charge in [0.15, 0.2) is 0 Å². The molecule has 2 aliphatic rings. The Morgan fingerprint density at radius 3 is 2.64 bits per heavy atom. The van der Waals surface area contributed by atoms with E-state index in [1.807, 2.05) is 47.9 Å². The molecule has 0 saturated carbocycles. The Labute approximate surface area is 154 Å². The van der Waals surface area contributed by atoms with Crippen molar-refractivity contribution in [3.8, 4) is 0 Å². The second-order valence-electron chi connectivity index (χ2n) is 7.44. The van der Waals surface area contributed by atoms with Crippen molar-refractivity contribution in [2.24, 2.45) is 0 Å². The van der Waals surface area contributed by atoms with Crippen LogP contribution in [-0.4, -0.2) is 60.4 Å². The number of carbonyl (C=O) groups excluding carboxylic acids is 2. The van der Waals surface area contributed by atoms with E-state index >= 15 is 0 Å². The molecule has 2 saturated heterocycles. The minimum Gasteiger partial charge on any atom is -0.340 e. The van der Waals surface area contributed by atoms with Gasteiger partial charge in [-0.2, -0.15) is 0 Å². The van der Waals surface area contributed by atoms with Crippen LogP contribution in [0.4, 0.5) is 0 Å². The molecule has 0 bridgehead atoms. The van der Waals surface area contributed by atoms with Crippen LogP contribution in [0.5, 0.6) is 0 Å². The monoisotopic (exact) mass is 363 g/mol. The molecule has 2 amide bonds. The largest absolute Gasteiger partial charge is 0.340 e. The highest BCUT2D eigenvalue weighted by molar-refractivity contribution is 6.30. The number of hydrogen-bond donors (Lipinski definition) is 1. The van der Waals surface area contributed by atoms with Crippen LogP contribution in [0.2, 0.25) is 5.02 Å². The molecule has 3 rings (SSSR count). The molecular weight excluding hydrogens is 338 g/mol. The average Bonchev–Trinajstić information content (AvgIpc) is 2.62. The number of likely N-dealkylation sites (tertiary alicyclic amines) is 1. The SMILES string of the molecule is CC(C)(C(=O)N1CCCC(N2CCNCC2=O)C1)c1ccc(Cl)cc1. The molecule has 1 aromatic carbocycles. The molecule has 2 heterocycles. The number of piperidine rings is 1. The molecule has 1 N–H and O–H groups in total. The van der Waals surface area contributed by atoms with Gasteiger partial charge in [0.05, 0.1) is 12.0 Å². The topological polar surface area (TPSA) is 52.7 Å². The zero-order valence-electron chi connectivity index (χ0n) is 14.9. The molecular formula is C19H26ClN3O2. The number of nitrogens with zero attached hydrogens (tertiary/aromatic N) is 2. The van der Waals surface area contributed by atoms with Gasteiger partial charge in [-0.25, -0.2) is 0 Å². The van der Waals surface area contributed by atoms with E-state index in [-0.39, 0.29) is 17.9 Å². The zero-order valence-corrected chi connectivity index (χ0v) is 15.7. The molecule has 0 spiro atoms. The first-order chi connectivity index (χ1) is 11.9. The fraction of sp³-hybridized carbons (Fsp3) is 0.579. The molecule has 1 atom stereocenters. The van der Waals surface area contributed by atoms with Gasteiger partial charge in [-0.1, -0.05) is 23.7 Å². The summed E-state index contributed by atoms with van der Waals surface area (Å²) in [6.45, 7) is 7.25. The van der Waals surface area contributed by atoms with Gasteiger partial charge < -0.3 is 15.1 Å². The predicted molar refractivity (Wildman–Crippen MR) is 98.7 cm³/mol. The van der Waals surface area contributed by atoms with E-state index in [9.17, 15) is 9.59 Å². The maximum Gasteiger partial charge on any atom is 0.236 e. The van der Waals surface area contributed by atoms with Gasteiger partial charge in [0, 0.05) is 37.2 Å². The lowest BCUT2D eigenvalue weighted by molar-refractivity contribution is -0.143. The molecule has 136 valence electrons. The maximum atomic E-state index is 13.2. The van der Waals surface area contributed by atoms with E-state index in [0.717, 1.165) is 38.0 Å². The van der Waals surface area contributed by atoms with Gasteiger partial charge in [0.2, 0.25) is 11.8 Å². The van der Waals surface area contributed by atoms with Gasteiger partial charge in [0.25, 0.3) is 0 Å². The summed E-state index contributed by atoms with van der Waals surface area (Å²) in [4.78, 5) is 29.2. The van der Waals surface area contributed by atoms with E-state index in [4.69, 9.17) is 11.6 Å². The van der Waals surface area contributed by atoms with Crippen molar-refractivity contribution >= 4 is 23.4 Å². The Balaban J connectivity index is 1.72. The summed E-state index contributed by atoms with van der Waals surface area (Å²) < 4.78 is 0. The highest BCUT2D eigenvalue weighted by Gasteiger charge is 2.38. The summed E-state index contributed by atoms with van der Waals surface area (Å²) in [5.74, 6) is 0.254. The van der Waals surface area contributed by atoms with Gasteiger partial charge in [-0.15, -0.1) is 0 Å². The smallest absolute Gasteiger partial charge is 0.236 e. The summed E-state index contributed by atoms with van der Waals surface area (Å²) in [6, 6.07) is 7.62. The van der Waals surface area contributed by atoms with E-state index < -0.39 is 5.41 Å². The number of carbonyl (C=O) groups is 2. The first-order valence-electron chi connectivity index (χ1n) is 8.95. The standard InChI is InChI=1S/C19H26ClN3O2/c1-19(2,14-5-7-15(20)8-6-14)18(25)22-10-3-4-16(13-22)23-11-9-21-12-17(23)24/h5-8,16,21H,3-4,9-13H2,1-2H3. The lowest BCUT2D eigenvalue weighted by Gasteiger charge is -2.43. The van der Waals surface area contributed by atoms with E-state index in [2.05, 4.69) is 5.32 Å². The van der Waals surface area contributed by atoms with E-state index in [0.29, 0.717) is 18.1 Å². The van der Waals surface area contributed by atoms with E-state index in [1.54, 1.807) is 0 Å². The molecule has 1 aromatic rings. The van der Waals surface area contributed by atoms with Crippen molar-refractivity contribution in [1.29, 1.82) is 0 Å². The summed E-state index contributed by atoms with van der Waals surface area (Å²) in [5, 5.41) is 3.77. The van der Waals surface area contributed by atoms with Crippen molar-refractivity contribution in [1.82, 2.24) is 15.1 Å². The van der Waals surface area contributed by atoms with E-state index in [1.165, 1.54) is 0 Å². The molecule has 2 fully saturated rings. The minimum absolute atomic E-state index is 0.113.